The lowest BCUT2D eigenvalue weighted by molar-refractivity contribution is 0.563. The zero-order chi connectivity index (χ0) is 14.0. The molecule has 0 aliphatic carbocycles. The van der Waals surface area contributed by atoms with Crippen LogP contribution in [0.4, 0.5) is 4.39 Å². The van der Waals surface area contributed by atoms with Crippen molar-refractivity contribution in [1.82, 2.24) is 5.32 Å². The van der Waals surface area contributed by atoms with Crippen LogP contribution in [0.2, 0.25) is 9.36 Å². The summed E-state index contributed by atoms with van der Waals surface area (Å²) in [6.45, 7) is 4.66. The summed E-state index contributed by atoms with van der Waals surface area (Å²) in [6, 6.07) is 6.82. The molecule has 0 aliphatic heterocycles. The minimum atomic E-state index is -0.378. The summed E-state index contributed by atoms with van der Waals surface area (Å²) in [5, 5.41) is 3.42. The Kier molecular flexibility index (Phi) is 4.85. The number of rotatable bonds is 4. The number of hydrogen-bond donors (Lipinski definition) is 1. The summed E-state index contributed by atoms with van der Waals surface area (Å²) in [4.78, 5) is 0.991. The fraction of sp³-hybridized carbons (Fsp3) is 0.286. The molecule has 0 saturated heterocycles. The molecule has 0 radical (unpaired) electrons. The fourth-order valence-corrected chi connectivity index (χ4v) is 3.43. The van der Waals surface area contributed by atoms with Crippen LogP contribution in [0.5, 0.6) is 0 Å². The molecule has 0 bridgehead atoms. The van der Waals surface area contributed by atoms with E-state index in [1.807, 2.05) is 19.9 Å². The first-order chi connectivity index (χ1) is 9.04. The van der Waals surface area contributed by atoms with Crippen LogP contribution in [-0.4, -0.2) is 6.54 Å². The number of hydrogen-bond acceptors (Lipinski definition) is 2. The van der Waals surface area contributed by atoms with E-state index >= 15 is 0 Å². The van der Waals surface area contributed by atoms with Crippen molar-refractivity contribution in [2.45, 2.75) is 19.9 Å². The molecular weight excluding hydrogens is 304 g/mol. The second-order valence-electron chi connectivity index (χ2n) is 4.24. The Balaban J connectivity index is 2.48. The van der Waals surface area contributed by atoms with Gasteiger partial charge in [0.25, 0.3) is 0 Å². The topological polar surface area (TPSA) is 12.0 Å². The van der Waals surface area contributed by atoms with E-state index in [9.17, 15) is 4.39 Å². The molecule has 0 aliphatic rings. The minimum Gasteiger partial charge on any atom is -0.306 e. The second-order valence-corrected chi connectivity index (χ2v) is 6.33. The third kappa shape index (κ3) is 3.11. The third-order valence-electron chi connectivity index (χ3n) is 2.86. The number of aryl methyl sites for hydroxylation is 1. The monoisotopic (exact) mass is 317 g/mol. The molecule has 19 heavy (non-hydrogen) atoms. The van der Waals surface area contributed by atoms with Crippen molar-refractivity contribution < 1.29 is 4.39 Å². The van der Waals surface area contributed by atoms with Crippen molar-refractivity contribution in [2.75, 3.05) is 6.54 Å². The highest BCUT2D eigenvalue weighted by molar-refractivity contribution is 7.16. The molecule has 1 aromatic heterocycles. The second kappa shape index (κ2) is 6.23. The van der Waals surface area contributed by atoms with Gasteiger partial charge in [0.1, 0.15) is 5.82 Å². The fourth-order valence-electron chi connectivity index (χ4n) is 1.94. The molecule has 1 atom stereocenters. The van der Waals surface area contributed by atoms with E-state index in [0.29, 0.717) is 5.56 Å². The first-order valence-corrected chi connectivity index (χ1v) is 7.55. The van der Waals surface area contributed by atoms with Gasteiger partial charge in [0.15, 0.2) is 0 Å². The summed E-state index contributed by atoms with van der Waals surface area (Å²) >= 11 is 13.4. The molecule has 0 amide bonds. The Morgan fingerprint density at radius 3 is 2.68 bits per heavy atom. The van der Waals surface area contributed by atoms with Gasteiger partial charge in [-0.25, -0.2) is 4.39 Å². The van der Waals surface area contributed by atoms with E-state index < -0.39 is 0 Å². The molecule has 1 aromatic carbocycles. The predicted octanol–water partition coefficient (Wildman–Crippen LogP) is 5.20. The maximum Gasteiger partial charge on any atom is 0.146 e. The highest BCUT2D eigenvalue weighted by Gasteiger charge is 2.21. The van der Waals surface area contributed by atoms with E-state index in [2.05, 4.69) is 5.32 Å². The van der Waals surface area contributed by atoms with Crippen LogP contribution in [0.15, 0.2) is 24.3 Å². The first kappa shape index (κ1) is 14.8. The Hall–Kier alpha value is -0.610. The van der Waals surface area contributed by atoms with Gasteiger partial charge < -0.3 is 5.32 Å². The van der Waals surface area contributed by atoms with E-state index in [1.165, 1.54) is 11.3 Å². The summed E-state index contributed by atoms with van der Waals surface area (Å²) in [5.41, 5.74) is 1.55. The maximum absolute atomic E-state index is 14.2. The molecule has 0 spiro atoms. The lowest BCUT2D eigenvalue weighted by Crippen LogP contribution is -2.22. The van der Waals surface area contributed by atoms with Crippen molar-refractivity contribution in [2.24, 2.45) is 0 Å². The molecule has 102 valence electrons. The van der Waals surface area contributed by atoms with Gasteiger partial charge in [-0.15, -0.1) is 11.3 Å². The van der Waals surface area contributed by atoms with Gasteiger partial charge >= 0.3 is 0 Å². The molecular formula is C14H14Cl2FNS. The van der Waals surface area contributed by atoms with Gasteiger partial charge in [-0.1, -0.05) is 42.3 Å². The van der Waals surface area contributed by atoms with Crippen LogP contribution in [0, 0.1) is 12.7 Å². The molecule has 2 aromatic rings. The molecule has 5 heteroatoms. The standard InChI is InChI=1S/C14H14Cl2FNS/c1-3-18-13(11-7-8(2)14(16)19-11)9-5-4-6-10(15)12(9)17/h4-7,13,18H,3H2,1-2H3. The van der Waals surface area contributed by atoms with Crippen LogP contribution in [-0.2, 0) is 0 Å². The van der Waals surface area contributed by atoms with Crippen molar-refractivity contribution >= 4 is 34.5 Å². The summed E-state index contributed by atoms with van der Waals surface area (Å²) in [7, 11) is 0. The maximum atomic E-state index is 14.2. The van der Waals surface area contributed by atoms with Crippen LogP contribution >= 0.6 is 34.5 Å². The van der Waals surface area contributed by atoms with Crippen LogP contribution in [0.25, 0.3) is 0 Å². The zero-order valence-corrected chi connectivity index (χ0v) is 13.0. The Bertz CT molecular complexity index is 563. The van der Waals surface area contributed by atoms with Crippen molar-refractivity contribution in [3.63, 3.8) is 0 Å². The number of benzene rings is 1. The number of nitrogens with one attached hydrogen (secondary N) is 1. The van der Waals surface area contributed by atoms with Crippen LogP contribution < -0.4 is 5.32 Å². The van der Waals surface area contributed by atoms with Gasteiger partial charge in [0.05, 0.1) is 15.4 Å². The molecule has 1 heterocycles. The van der Waals surface area contributed by atoms with E-state index in [1.54, 1.807) is 18.2 Å². The molecule has 2 rings (SSSR count). The number of thiophene rings is 1. The van der Waals surface area contributed by atoms with Crippen LogP contribution in [0.3, 0.4) is 0 Å². The highest BCUT2D eigenvalue weighted by Crippen LogP contribution is 2.35. The Labute approximate surface area is 126 Å². The first-order valence-electron chi connectivity index (χ1n) is 5.97. The molecule has 0 fully saturated rings. The minimum absolute atomic E-state index is 0.139. The van der Waals surface area contributed by atoms with Crippen molar-refractivity contribution in [3.05, 3.63) is 55.4 Å². The molecule has 1 N–H and O–H groups in total. The Morgan fingerprint density at radius 2 is 2.11 bits per heavy atom. The lowest BCUT2D eigenvalue weighted by atomic mass is 10.0. The van der Waals surface area contributed by atoms with E-state index in [4.69, 9.17) is 23.2 Å². The smallest absolute Gasteiger partial charge is 0.146 e. The van der Waals surface area contributed by atoms with E-state index in [0.717, 1.165) is 21.3 Å². The average molecular weight is 318 g/mol. The molecule has 1 unspecified atom stereocenters. The molecule has 1 nitrogen and oxygen atoms in total. The summed E-state index contributed by atoms with van der Waals surface area (Å²) in [5.74, 6) is -0.378. The largest absolute Gasteiger partial charge is 0.306 e. The lowest BCUT2D eigenvalue weighted by Gasteiger charge is -2.18. The number of halogens is 3. The summed E-state index contributed by atoms with van der Waals surface area (Å²) in [6.07, 6.45) is 0. The normalized spacial score (nSPS) is 12.7. The predicted molar refractivity (Wildman–Crippen MR) is 81.0 cm³/mol. The average Bonchev–Trinajstić information content (AvgIpc) is 2.70. The summed E-state index contributed by atoms with van der Waals surface area (Å²) < 4.78 is 14.9. The third-order valence-corrected chi connectivity index (χ3v) is 4.77. The van der Waals surface area contributed by atoms with Gasteiger partial charge in [-0.2, -0.15) is 0 Å². The molecule has 0 saturated carbocycles. The quantitative estimate of drug-likeness (QED) is 0.817. The van der Waals surface area contributed by atoms with Crippen molar-refractivity contribution in [3.8, 4) is 0 Å². The van der Waals surface area contributed by atoms with Crippen molar-refractivity contribution in [1.29, 1.82) is 0 Å². The van der Waals surface area contributed by atoms with Gasteiger partial charge in [-0.05, 0) is 31.2 Å². The highest BCUT2D eigenvalue weighted by atomic mass is 35.5. The van der Waals surface area contributed by atoms with Gasteiger partial charge in [-0.3, -0.25) is 0 Å². The SMILES string of the molecule is CCNC(c1cc(C)c(Cl)s1)c1cccc(Cl)c1F. The van der Waals surface area contributed by atoms with Crippen LogP contribution in [0.1, 0.15) is 29.0 Å². The van der Waals surface area contributed by atoms with E-state index in [-0.39, 0.29) is 16.9 Å². The van der Waals surface area contributed by atoms with Gasteiger partial charge in [0.2, 0.25) is 0 Å². The van der Waals surface area contributed by atoms with Gasteiger partial charge in [0, 0.05) is 10.4 Å². The zero-order valence-electron chi connectivity index (χ0n) is 10.6. The Morgan fingerprint density at radius 1 is 1.37 bits per heavy atom.